The van der Waals surface area contributed by atoms with Crippen LogP contribution < -0.4 is 10.6 Å². The van der Waals surface area contributed by atoms with Crippen LogP contribution >= 0.6 is 11.6 Å². The van der Waals surface area contributed by atoms with Gasteiger partial charge in [0, 0.05) is 29.4 Å². The third kappa shape index (κ3) is 4.28. The van der Waals surface area contributed by atoms with Crippen LogP contribution in [0.2, 0.25) is 5.02 Å². The van der Waals surface area contributed by atoms with Crippen molar-refractivity contribution in [2.45, 2.75) is 0 Å². The first kappa shape index (κ1) is 21.4. The Morgan fingerprint density at radius 2 is 2.03 bits per heavy atom. The number of rotatable bonds is 4. The summed E-state index contributed by atoms with van der Waals surface area (Å²) in [6.07, 6.45) is 2.60. The van der Waals surface area contributed by atoms with Gasteiger partial charge in [-0.25, -0.2) is 14.4 Å². The van der Waals surface area contributed by atoms with E-state index in [9.17, 15) is 9.18 Å². The fourth-order valence-corrected chi connectivity index (χ4v) is 4.60. The highest BCUT2D eigenvalue weighted by Gasteiger charge is 2.53. The van der Waals surface area contributed by atoms with Crippen molar-refractivity contribution < 1.29 is 9.18 Å². The summed E-state index contributed by atoms with van der Waals surface area (Å²) in [5.41, 5.74) is 1.99. The molecule has 2 N–H and O–H groups in total. The molecule has 2 fully saturated rings. The Balaban J connectivity index is 1.53. The van der Waals surface area contributed by atoms with Crippen molar-refractivity contribution in [1.29, 1.82) is 0 Å². The van der Waals surface area contributed by atoms with Gasteiger partial charge in [-0.3, -0.25) is 4.79 Å². The van der Waals surface area contributed by atoms with Gasteiger partial charge in [0.15, 0.2) is 0 Å². The third-order valence-electron chi connectivity index (χ3n) is 6.15. The molecule has 1 aliphatic carbocycles. The summed E-state index contributed by atoms with van der Waals surface area (Å²) < 4.78 is 14.3. The van der Waals surface area contributed by atoms with E-state index < -0.39 is 5.82 Å². The number of nitrogens with one attached hydrogen (secondary N) is 2. The number of carbonyl (C=O) groups excluding carboxylic acids is 1. The zero-order chi connectivity index (χ0) is 23.1. The highest BCUT2D eigenvalue weighted by molar-refractivity contribution is 6.30. The molecule has 3 atom stereocenters. The number of benzene rings is 2. The van der Waals surface area contributed by atoms with Crippen LogP contribution in [-0.4, -0.2) is 40.9 Å². The Kier molecular flexibility index (Phi) is 5.49. The van der Waals surface area contributed by atoms with Gasteiger partial charge in [-0.2, -0.15) is 0 Å². The lowest BCUT2D eigenvalue weighted by Crippen LogP contribution is -2.18. The Labute approximate surface area is 195 Å². The van der Waals surface area contributed by atoms with Crippen LogP contribution in [0.15, 0.2) is 49.3 Å². The van der Waals surface area contributed by atoms with E-state index in [4.69, 9.17) is 11.6 Å². The predicted molar refractivity (Wildman–Crippen MR) is 128 cm³/mol. The van der Waals surface area contributed by atoms with Gasteiger partial charge >= 0.3 is 0 Å². The van der Waals surface area contributed by atoms with Crippen LogP contribution in [0.25, 0.3) is 10.9 Å². The summed E-state index contributed by atoms with van der Waals surface area (Å²) in [7, 11) is 2.13. The lowest BCUT2D eigenvalue weighted by atomic mass is 10.1. The van der Waals surface area contributed by atoms with Gasteiger partial charge in [-0.1, -0.05) is 30.0 Å². The van der Waals surface area contributed by atoms with Crippen molar-refractivity contribution in [3.63, 3.8) is 0 Å². The molecule has 6 nitrogen and oxygen atoms in total. The molecule has 166 valence electrons. The maximum atomic E-state index is 14.3. The highest BCUT2D eigenvalue weighted by atomic mass is 35.5. The van der Waals surface area contributed by atoms with Gasteiger partial charge in [-0.15, -0.1) is 0 Å². The molecule has 0 bridgehead atoms. The predicted octanol–water partition coefficient (Wildman–Crippen LogP) is 4.45. The quantitative estimate of drug-likeness (QED) is 0.444. The van der Waals surface area contributed by atoms with Crippen molar-refractivity contribution in [1.82, 2.24) is 14.9 Å². The number of halogens is 2. The molecule has 1 saturated carbocycles. The van der Waals surface area contributed by atoms with E-state index in [0.29, 0.717) is 50.7 Å². The summed E-state index contributed by atoms with van der Waals surface area (Å²) in [4.78, 5) is 23.0. The van der Waals surface area contributed by atoms with Crippen LogP contribution in [0.1, 0.15) is 5.56 Å². The monoisotopic (exact) mass is 461 g/mol. The smallest absolute Gasteiger partial charge is 0.247 e. The normalized spacial score (nSPS) is 21.1. The molecule has 8 heteroatoms. The minimum Gasteiger partial charge on any atom is -0.337 e. The molecular weight excluding hydrogens is 441 g/mol. The fourth-order valence-electron chi connectivity index (χ4n) is 4.43. The number of nitrogens with zero attached hydrogens (tertiary/aromatic N) is 3. The van der Waals surface area contributed by atoms with E-state index in [2.05, 4.69) is 51.0 Å². The van der Waals surface area contributed by atoms with Gasteiger partial charge in [0.25, 0.3) is 0 Å². The summed E-state index contributed by atoms with van der Waals surface area (Å²) in [5, 5.41) is 6.79. The Morgan fingerprint density at radius 3 is 2.79 bits per heavy atom. The van der Waals surface area contributed by atoms with Crippen LogP contribution in [0, 0.1) is 35.4 Å². The summed E-state index contributed by atoms with van der Waals surface area (Å²) in [6, 6.07) is 7.79. The molecule has 1 aromatic heterocycles. The number of carbonyl (C=O) groups is 1. The zero-order valence-electron chi connectivity index (χ0n) is 17.9. The molecule has 33 heavy (non-hydrogen) atoms. The highest BCUT2D eigenvalue weighted by Crippen LogP contribution is 2.50. The van der Waals surface area contributed by atoms with Crippen molar-refractivity contribution in [3.8, 4) is 11.8 Å². The summed E-state index contributed by atoms with van der Waals surface area (Å²) in [6.45, 7) is 5.67. The van der Waals surface area contributed by atoms with Gasteiger partial charge in [0.1, 0.15) is 18.0 Å². The van der Waals surface area contributed by atoms with Crippen molar-refractivity contribution in [2.75, 3.05) is 30.8 Å². The first-order chi connectivity index (χ1) is 15.9. The largest absolute Gasteiger partial charge is 0.337 e. The molecule has 2 aliphatic rings. The van der Waals surface area contributed by atoms with E-state index in [1.54, 1.807) is 6.07 Å². The topological polar surface area (TPSA) is 70.1 Å². The number of fused-ring (bicyclic) bond motifs is 2. The molecule has 0 spiro atoms. The molecule has 2 aromatic carbocycles. The lowest BCUT2D eigenvalue weighted by molar-refractivity contribution is -0.111. The lowest BCUT2D eigenvalue weighted by Gasteiger charge is -2.12. The second-order valence-electron chi connectivity index (χ2n) is 8.42. The second kappa shape index (κ2) is 8.47. The number of likely N-dealkylation sites (tertiary alicyclic amines) is 1. The Morgan fingerprint density at radius 1 is 1.24 bits per heavy atom. The van der Waals surface area contributed by atoms with Gasteiger partial charge in [0.05, 0.1) is 22.5 Å². The van der Waals surface area contributed by atoms with Crippen LogP contribution in [-0.2, 0) is 4.79 Å². The SMILES string of the molecule is C=CC(=O)Nc1cc2c(Nc3cc(Cl)ccc3F)ncnc2cc1C#C[C@@H]1[C@H]2CN(C)C[C@@H]12. The number of amides is 1. The molecule has 1 aliphatic heterocycles. The van der Waals surface area contributed by atoms with Crippen LogP contribution in [0.4, 0.5) is 21.6 Å². The Bertz CT molecular complexity index is 1340. The van der Waals surface area contributed by atoms with Gasteiger partial charge in [0.2, 0.25) is 5.91 Å². The van der Waals surface area contributed by atoms with Gasteiger partial charge in [-0.05, 0) is 55.3 Å². The van der Waals surface area contributed by atoms with Gasteiger partial charge < -0.3 is 15.5 Å². The number of aromatic nitrogens is 2. The summed E-state index contributed by atoms with van der Waals surface area (Å²) >= 11 is 6.01. The zero-order valence-corrected chi connectivity index (χ0v) is 18.7. The van der Waals surface area contributed by atoms with Crippen molar-refractivity contribution >= 4 is 45.6 Å². The maximum Gasteiger partial charge on any atom is 0.247 e. The Hall–Kier alpha value is -3.47. The second-order valence-corrected chi connectivity index (χ2v) is 8.86. The van der Waals surface area contributed by atoms with Crippen molar-refractivity contribution in [2.24, 2.45) is 17.8 Å². The molecular formula is C25H21ClFN5O. The van der Waals surface area contributed by atoms with E-state index >= 15 is 0 Å². The fraction of sp³-hybridized carbons (Fsp3) is 0.240. The average molecular weight is 462 g/mol. The first-order valence-electron chi connectivity index (χ1n) is 10.6. The molecule has 2 heterocycles. The van der Waals surface area contributed by atoms with Crippen LogP contribution in [0.5, 0.6) is 0 Å². The minimum atomic E-state index is -0.463. The van der Waals surface area contributed by atoms with E-state index in [1.807, 2.05) is 6.07 Å². The number of anilines is 3. The average Bonchev–Trinajstić information content (AvgIpc) is 3.26. The maximum absolute atomic E-state index is 14.3. The molecule has 3 aromatic rings. The van der Waals surface area contributed by atoms with E-state index in [1.165, 1.54) is 30.6 Å². The standard InChI is InChI=1S/C25H21ClFN5O/c1-3-24(33)30-21-10-17-22(8-14(21)4-6-16-18-11-32(2)12-19(16)18)28-13-29-25(17)31-23-9-15(26)5-7-20(23)27/h3,5,7-10,13,16,18-19H,1,11-12H2,2H3,(H,30,33)(H,28,29,31)/t16-,18-,19+. The summed E-state index contributed by atoms with van der Waals surface area (Å²) in [5.74, 6) is 7.83. The molecule has 5 rings (SSSR count). The third-order valence-corrected chi connectivity index (χ3v) is 6.38. The molecule has 1 saturated heterocycles. The molecule has 1 amide bonds. The number of hydrogen-bond donors (Lipinski definition) is 2. The molecule has 0 radical (unpaired) electrons. The van der Waals surface area contributed by atoms with E-state index in [-0.39, 0.29) is 11.6 Å². The first-order valence-corrected chi connectivity index (χ1v) is 10.9. The molecule has 0 unspecified atom stereocenters. The van der Waals surface area contributed by atoms with Crippen molar-refractivity contribution in [3.05, 3.63) is 65.7 Å². The minimum absolute atomic E-state index is 0.188. The van der Waals surface area contributed by atoms with E-state index in [0.717, 1.165) is 13.1 Å². The number of hydrogen-bond acceptors (Lipinski definition) is 5. The van der Waals surface area contributed by atoms with Crippen LogP contribution in [0.3, 0.4) is 0 Å². The number of piperidine rings is 1.